The molecule has 0 saturated carbocycles. The molecule has 4 fully saturated rings. The van der Waals surface area contributed by atoms with Gasteiger partial charge in [0.15, 0.2) is 11.4 Å². The van der Waals surface area contributed by atoms with Crippen LogP contribution in [0.3, 0.4) is 0 Å². The minimum absolute atomic E-state index is 0.0213. The topological polar surface area (TPSA) is 290 Å². The number of ether oxygens (including phenoxy) is 4. The molecule has 0 radical (unpaired) electrons. The standard InChI is InChI=1S/C34H38N8O12/c1-11-21(35)27(47)19-13(9-53-31(37)49)33(51-3)29-15(7-39(33)23(19)25(11)45)41(29)17(43)5-6-18(44)42-16-8-40-24-20(28(48)22(36)12(2)26(24)46)14(10-54-32(38)50)34(40,52-4)30(16)42/h13-16,29-30H,5-10,35-36H2,1-4H3,(H2,37,49)(H2,38,50)/t13-,14+,15+,16-,29+,30-,33-,34+,41?,42?. The predicted molar refractivity (Wildman–Crippen MR) is 177 cm³/mol. The summed E-state index contributed by atoms with van der Waals surface area (Å²) in [6, 6.07) is -2.24. The monoisotopic (exact) mass is 750 g/mol. The van der Waals surface area contributed by atoms with Crippen LogP contribution in [0.2, 0.25) is 0 Å². The van der Waals surface area contributed by atoms with Crippen molar-refractivity contribution in [3.05, 3.63) is 45.1 Å². The van der Waals surface area contributed by atoms with E-state index in [1.54, 1.807) is 9.80 Å². The van der Waals surface area contributed by atoms with Gasteiger partial charge in [-0.15, -0.1) is 0 Å². The Morgan fingerprint density at radius 1 is 0.648 bits per heavy atom. The van der Waals surface area contributed by atoms with E-state index in [2.05, 4.69) is 0 Å². The summed E-state index contributed by atoms with van der Waals surface area (Å²) < 4.78 is 22.4. The Balaban J connectivity index is 0.994. The number of amides is 4. The third-order valence-corrected chi connectivity index (χ3v) is 12.5. The first-order valence-corrected chi connectivity index (χ1v) is 17.2. The molecule has 4 saturated heterocycles. The Labute approximate surface area is 306 Å². The SMILES string of the molecule is CO[C@@]12[C@H](COC(N)=O)C3=C(C(=O)C(C)=C(N)C3=O)N1C[C@H]1[C@@H]2N1C(=O)CCC(=O)N1[C@@H]2CN3C4=C(C(=O)C(N)=C(C)C4=O)[C@H](COC(N)=O)[C@]3(OC)[C@@H]21. The van der Waals surface area contributed by atoms with Crippen molar-refractivity contribution in [2.45, 2.75) is 62.3 Å². The van der Waals surface area contributed by atoms with E-state index in [-0.39, 0.29) is 71.0 Å². The lowest BCUT2D eigenvalue weighted by atomic mass is 9.82. The van der Waals surface area contributed by atoms with Gasteiger partial charge in [-0.2, -0.15) is 0 Å². The lowest BCUT2D eigenvalue weighted by Crippen LogP contribution is -2.56. The zero-order valence-electron chi connectivity index (χ0n) is 29.7. The van der Waals surface area contributed by atoms with Gasteiger partial charge >= 0.3 is 12.2 Å². The average molecular weight is 751 g/mol. The number of carbonyl (C=O) groups excluding carboxylic acids is 8. The number of methoxy groups -OCH3 is 2. The van der Waals surface area contributed by atoms with E-state index in [1.807, 2.05) is 0 Å². The number of nitrogens with two attached hydrogens (primary N) is 4. The number of Topliss-reactive ketones (excluding diaryl/α,β-unsaturated/α-hetero) is 4. The molecule has 6 aliphatic heterocycles. The van der Waals surface area contributed by atoms with Crippen LogP contribution in [0.5, 0.6) is 0 Å². The molecule has 54 heavy (non-hydrogen) atoms. The summed E-state index contributed by atoms with van der Waals surface area (Å²) >= 11 is 0. The molecule has 0 spiro atoms. The zero-order chi connectivity index (χ0) is 39.1. The van der Waals surface area contributed by atoms with Gasteiger partial charge in [0.25, 0.3) is 0 Å². The predicted octanol–water partition coefficient (Wildman–Crippen LogP) is -3.03. The van der Waals surface area contributed by atoms with Crippen LogP contribution in [0, 0.1) is 11.8 Å². The highest BCUT2D eigenvalue weighted by atomic mass is 16.6. The number of carbonyl (C=O) groups is 8. The summed E-state index contributed by atoms with van der Waals surface area (Å²) in [5, 5.41) is 0. The maximum atomic E-state index is 13.8. The van der Waals surface area contributed by atoms with Crippen LogP contribution in [0.15, 0.2) is 45.1 Å². The van der Waals surface area contributed by atoms with Crippen molar-refractivity contribution in [1.29, 1.82) is 0 Å². The molecule has 0 unspecified atom stereocenters. The second-order valence-corrected chi connectivity index (χ2v) is 14.5. The van der Waals surface area contributed by atoms with Crippen molar-refractivity contribution in [3.63, 3.8) is 0 Å². The first-order valence-electron chi connectivity index (χ1n) is 17.2. The molecule has 0 aromatic heterocycles. The smallest absolute Gasteiger partial charge is 0.404 e. The van der Waals surface area contributed by atoms with Gasteiger partial charge in [-0.25, -0.2) is 9.59 Å². The fraction of sp³-hybridized carbons (Fsp3) is 0.529. The van der Waals surface area contributed by atoms with Crippen molar-refractivity contribution in [1.82, 2.24) is 19.6 Å². The second-order valence-electron chi connectivity index (χ2n) is 14.5. The van der Waals surface area contributed by atoms with E-state index in [0.29, 0.717) is 0 Å². The molecule has 8 atom stereocenters. The minimum atomic E-state index is -1.46. The van der Waals surface area contributed by atoms with E-state index in [1.165, 1.54) is 37.9 Å². The van der Waals surface area contributed by atoms with Crippen LogP contribution in [-0.4, -0.2) is 143 Å². The summed E-state index contributed by atoms with van der Waals surface area (Å²) in [5.41, 5.74) is 19.5. The number of rotatable bonds is 9. The highest BCUT2D eigenvalue weighted by Crippen LogP contribution is 2.61. The molecule has 0 aromatic rings. The summed E-state index contributed by atoms with van der Waals surface area (Å²) in [7, 11) is 2.74. The zero-order valence-corrected chi connectivity index (χ0v) is 29.7. The molecule has 8 aliphatic rings. The number of fused-ring (bicyclic) bond motifs is 8. The molecule has 286 valence electrons. The van der Waals surface area contributed by atoms with Crippen molar-refractivity contribution in [2.24, 2.45) is 34.8 Å². The lowest BCUT2D eigenvalue weighted by Gasteiger charge is -2.41. The molecule has 8 rings (SSSR count). The van der Waals surface area contributed by atoms with Gasteiger partial charge in [0.1, 0.15) is 25.3 Å². The Hall–Kier alpha value is -5.76. The van der Waals surface area contributed by atoms with Crippen LogP contribution in [0.1, 0.15) is 26.7 Å². The largest absolute Gasteiger partial charge is 0.449 e. The van der Waals surface area contributed by atoms with Gasteiger partial charge in [-0.1, -0.05) is 0 Å². The van der Waals surface area contributed by atoms with Gasteiger partial charge in [-0.3, -0.25) is 28.8 Å². The molecule has 20 nitrogen and oxygen atoms in total. The molecule has 0 bridgehead atoms. The number of ketones is 4. The molecule has 6 heterocycles. The summed E-state index contributed by atoms with van der Waals surface area (Å²) in [4.78, 5) is 111. The summed E-state index contributed by atoms with van der Waals surface area (Å²) in [5.74, 6) is -4.98. The van der Waals surface area contributed by atoms with E-state index in [0.717, 1.165) is 0 Å². The van der Waals surface area contributed by atoms with Gasteiger partial charge < -0.3 is 61.5 Å². The third-order valence-electron chi connectivity index (χ3n) is 12.5. The molecular formula is C34H38N8O12. The van der Waals surface area contributed by atoms with Gasteiger partial charge in [0, 0.05) is 62.4 Å². The van der Waals surface area contributed by atoms with E-state index in [4.69, 9.17) is 41.9 Å². The Kier molecular flexibility index (Phi) is 7.43. The number of hydrogen-bond donors (Lipinski definition) is 4. The summed E-state index contributed by atoms with van der Waals surface area (Å²) in [6.07, 6.45) is -2.65. The van der Waals surface area contributed by atoms with Crippen molar-refractivity contribution < 1.29 is 57.3 Å². The van der Waals surface area contributed by atoms with Gasteiger partial charge in [0.2, 0.25) is 34.9 Å². The second kappa shape index (κ2) is 11.4. The number of primary amides is 2. The van der Waals surface area contributed by atoms with Crippen LogP contribution in [0.25, 0.3) is 0 Å². The highest BCUT2D eigenvalue weighted by molar-refractivity contribution is 6.26. The number of hydrogen-bond acceptors (Lipinski definition) is 16. The maximum absolute atomic E-state index is 13.8. The molecule has 20 heteroatoms. The maximum Gasteiger partial charge on any atom is 0.404 e. The van der Waals surface area contributed by atoms with Crippen LogP contribution >= 0.6 is 0 Å². The Morgan fingerprint density at radius 2 is 1.00 bits per heavy atom. The van der Waals surface area contributed by atoms with E-state index in [9.17, 15) is 38.4 Å². The normalized spacial score (nSPS) is 34.3. The first-order chi connectivity index (χ1) is 25.5. The fourth-order valence-corrected chi connectivity index (χ4v) is 10.1. The molecule has 4 amide bonds. The van der Waals surface area contributed by atoms with Crippen molar-refractivity contribution in [2.75, 3.05) is 40.5 Å². The van der Waals surface area contributed by atoms with E-state index >= 15 is 0 Å². The number of nitrogens with zero attached hydrogens (tertiary/aromatic N) is 4. The Morgan fingerprint density at radius 3 is 1.31 bits per heavy atom. The van der Waals surface area contributed by atoms with Crippen molar-refractivity contribution >= 4 is 47.1 Å². The van der Waals surface area contributed by atoms with Gasteiger partial charge in [0.05, 0.1) is 46.7 Å². The third kappa shape index (κ3) is 4.14. The summed E-state index contributed by atoms with van der Waals surface area (Å²) in [6.45, 7) is 2.29. The first kappa shape index (κ1) is 35.3. The lowest BCUT2D eigenvalue weighted by molar-refractivity contribution is -0.156. The Bertz CT molecular complexity index is 1930. The molecule has 2 aliphatic carbocycles. The number of piperazine rings is 2. The van der Waals surface area contributed by atoms with Gasteiger partial charge in [-0.05, 0) is 13.8 Å². The van der Waals surface area contributed by atoms with Crippen LogP contribution < -0.4 is 22.9 Å². The number of allylic oxidation sites excluding steroid dienone is 4. The molecule has 0 aromatic carbocycles. The molecule has 8 N–H and O–H groups in total. The molecular weight excluding hydrogens is 712 g/mol. The van der Waals surface area contributed by atoms with E-state index < -0.39 is 108 Å². The van der Waals surface area contributed by atoms with Crippen LogP contribution in [0.4, 0.5) is 9.59 Å². The average Bonchev–Trinajstić information content (AvgIpc) is 3.87. The van der Waals surface area contributed by atoms with Crippen molar-refractivity contribution in [3.8, 4) is 0 Å². The highest BCUT2D eigenvalue weighted by Gasteiger charge is 2.79. The quantitative estimate of drug-likeness (QED) is 0.135. The minimum Gasteiger partial charge on any atom is -0.449 e. The fourth-order valence-electron chi connectivity index (χ4n) is 10.1. The van der Waals surface area contributed by atoms with Crippen LogP contribution in [-0.2, 0) is 47.7 Å².